The van der Waals surface area contributed by atoms with Crippen molar-refractivity contribution in [1.82, 2.24) is 14.5 Å². The minimum Gasteiger partial charge on any atom is -0.497 e. The van der Waals surface area contributed by atoms with Gasteiger partial charge in [0.15, 0.2) is 0 Å². The molecule has 6 nitrogen and oxygen atoms in total. The first kappa shape index (κ1) is 19.0. The zero-order valence-electron chi connectivity index (χ0n) is 16.9. The largest absolute Gasteiger partial charge is 0.497 e. The Bertz CT molecular complexity index is 988. The van der Waals surface area contributed by atoms with Crippen LogP contribution in [0.4, 0.5) is 5.82 Å². The van der Waals surface area contributed by atoms with Crippen molar-refractivity contribution in [1.29, 1.82) is 0 Å². The van der Waals surface area contributed by atoms with Gasteiger partial charge in [-0.05, 0) is 43.0 Å². The Morgan fingerprint density at radius 1 is 1.21 bits per heavy atom. The summed E-state index contributed by atoms with van der Waals surface area (Å²) in [6, 6.07) is 8.66. The van der Waals surface area contributed by atoms with E-state index in [1.165, 1.54) is 0 Å². The van der Waals surface area contributed by atoms with E-state index in [4.69, 9.17) is 16.2 Å². The van der Waals surface area contributed by atoms with Gasteiger partial charge in [-0.15, -0.1) is 0 Å². The number of fused-ring (bicyclic) bond motifs is 1. The fraction of sp³-hybridized carbons (Fsp3) is 0.429. The second-order valence-corrected chi connectivity index (χ2v) is 14.4. The first-order valence-electron chi connectivity index (χ1n) is 9.90. The van der Waals surface area contributed by atoms with Crippen LogP contribution in [-0.4, -0.2) is 35.4 Å². The lowest BCUT2D eigenvalue weighted by Gasteiger charge is -2.35. The summed E-state index contributed by atoms with van der Waals surface area (Å²) in [6.45, 7) is 7.65. The molecule has 0 spiro atoms. The van der Waals surface area contributed by atoms with Crippen molar-refractivity contribution in [2.24, 2.45) is 11.7 Å². The fourth-order valence-corrected chi connectivity index (χ4v) is 4.38. The fourth-order valence-electron chi connectivity index (χ4n) is 3.78. The molecular formula is C21H29N5OSi. The third-order valence-corrected chi connectivity index (χ3v) is 6.40. The molecule has 28 heavy (non-hydrogen) atoms. The first-order valence-corrected chi connectivity index (χ1v) is 13.6. The third kappa shape index (κ3) is 3.64. The minimum absolute atomic E-state index is 0.422. The predicted octanol–water partition coefficient (Wildman–Crippen LogP) is 3.85. The van der Waals surface area contributed by atoms with Gasteiger partial charge >= 0.3 is 0 Å². The first-order chi connectivity index (χ1) is 13.4. The van der Waals surface area contributed by atoms with E-state index >= 15 is 0 Å². The Balaban J connectivity index is 1.73. The maximum Gasteiger partial charge on any atom is 0.146 e. The van der Waals surface area contributed by atoms with Crippen molar-refractivity contribution < 1.29 is 4.74 Å². The van der Waals surface area contributed by atoms with Crippen LogP contribution in [0, 0.1) is 5.92 Å². The maximum atomic E-state index is 6.26. The Labute approximate surface area is 166 Å². The van der Waals surface area contributed by atoms with Crippen molar-refractivity contribution in [2.75, 3.05) is 18.5 Å². The van der Waals surface area contributed by atoms with Gasteiger partial charge in [-0.3, -0.25) is 0 Å². The van der Waals surface area contributed by atoms with Crippen LogP contribution in [0.3, 0.4) is 0 Å². The van der Waals surface area contributed by atoms with Crippen LogP contribution in [0.15, 0.2) is 36.8 Å². The predicted molar refractivity (Wildman–Crippen MR) is 117 cm³/mol. The molecule has 4 N–H and O–H groups in total. The summed E-state index contributed by atoms with van der Waals surface area (Å²) in [5, 5.41) is 0.918. The number of aromatic nitrogens is 3. The van der Waals surface area contributed by atoms with Crippen molar-refractivity contribution in [3.63, 3.8) is 0 Å². The lowest BCUT2D eigenvalue weighted by molar-refractivity contribution is 0.209. The molecule has 0 saturated heterocycles. The zero-order chi connectivity index (χ0) is 19.9. The number of nitrogens with zero attached hydrogens (tertiary/aromatic N) is 3. The van der Waals surface area contributed by atoms with E-state index in [1.807, 2.05) is 12.1 Å². The summed E-state index contributed by atoms with van der Waals surface area (Å²) in [6.07, 6.45) is 6.69. The summed E-state index contributed by atoms with van der Waals surface area (Å²) in [5.74, 6) is 2.01. The zero-order valence-corrected chi connectivity index (χ0v) is 17.9. The summed E-state index contributed by atoms with van der Waals surface area (Å²) >= 11 is 0. The maximum absolute atomic E-state index is 6.26. The molecule has 0 amide bonds. The quantitative estimate of drug-likeness (QED) is 0.619. The van der Waals surface area contributed by atoms with Gasteiger partial charge in [-0.25, -0.2) is 9.97 Å². The van der Waals surface area contributed by atoms with Gasteiger partial charge in [0.1, 0.15) is 23.5 Å². The van der Waals surface area contributed by atoms with E-state index in [-0.39, 0.29) is 0 Å². The van der Waals surface area contributed by atoms with Gasteiger partial charge in [0.2, 0.25) is 0 Å². The summed E-state index contributed by atoms with van der Waals surface area (Å²) < 4.78 is 8.32. The molecule has 1 aromatic carbocycles. The summed E-state index contributed by atoms with van der Waals surface area (Å²) in [5.41, 5.74) is 15.1. The molecule has 2 heterocycles. The molecule has 0 bridgehead atoms. The summed E-state index contributed by atoms with van der Waals surface area (Å²) in [7, 11) is -1.28. The van der Waals surface area contributed by atoms with Gasteiger partial charge in [0.25, 0.3) is 0 Å². The topological polar surface area (TPSA) is 92.0 Å². The number of nitrogens with two attached hydrogens (primary N) is 2. The van der Waals surface area contributed by atoms with Crippen LogP contribution < -0.4 is 16.2 Å². The van der Waals surface area contributed by atoms with Crippen molar-refractivity contribution in [3.8, 4) is 16.9 Å². The van der Waals surface area contributed by atoms with Gasteiger partial charge in [0.05, 0.1) is 19.7 Å². The highest BCUT2D eigenvalue weighted by Crippen LogP contribution is 2.42. The highest BCUT2D eigenvalue weighted by molar-refractivity contribution is 6.76. The highest BCUT2D eigenvalue weighted by Gasteiger charge is 2.31. The lowest BCUT2D eigenvalue weighted by atomic mass is 9.80. The van der Waals surface area contributed by atoms with Crippen LogP contribution in [0.1, 0.15) is 18.9 Å². The Hall–Kier alpha value is -2.38. The SMILES string of the molecule is C[Si](C)(C)COc1cccc(-c2cn(C3CC(CN)C3)c3ncnc(N)c23)c1. The van der Waals surface area contributed by atoms with Crippen LogP contribution in [0.2, 0.25) is 19.6 Å². The second kappa shape index (κ2) is 7.22. The van der Waals surface area contributed by atoms with Crippen LogP contribution >= 0.6 is 0 Å². The molecule has 0 unspecified atom stereocenters. The van der Waals surface area contributed by atoms with Crippen LogP contribution in [0.5, 0.6) is 5.75 Å². The van der Waals surface area contributed by atoms with E-state index in [9.17, 15) is 0 Å². The van der Waals surface area contributed by atoms with Gasteiger partial charge < -0.3 is 20.8 Å². The van der Waals surface area contributed by atoms with Gasteiger partial charge in [0, 0.05) is 17.8 Å². The van der Waals surface area contributed by atoms with E-state index in [0.717, 1.165) is 53.5 Å². The Morgan fingerprint density at radius 2 is 2.00 bits per heavy atom. The molecule has 148 valence electrons. The number of anilines is 1. The number of ether oxygens (including phenoxy) is 1. The number of hydrogen-bond donors (Lipinski definition) is 2. The number of hydrogen-bond acceptors (Lipinski definition) is 5. The molecular weight excluding hydrogens is 366 g/mol. The molecule has 1 aliphatic rings. The highest BCUT2D eigenvalue weighted by atomic mass is 28.3. The number of benzene rings is 1. The second-order valence-electron chi connectivity index (χ2n) is 9.01. The average Bonchev–Trinajstić information content (AvgIpc) is 3.00. The van der Waals surface area contributed by atoms with Crippen LogP contribution in [-0.2, 0) is 0 Å². The number of nitrogen functional groups attached to an aromatic ring is 1. The van der Waals surface area contributed by atoms with Crippen molar-refractivity contribution in [2.45, 2.75) is 38.5 Å². The van der Waals surface area contributed by atoms with E-state index in [0.29, 0.717) is 17.8 Å². The van der Waals surface area contributed by atoms with Crippen LogP contribution in [0.25, 0.3) is 22.2 Å². The van der Waals surface area contributed by atoms with Gasteiger partial charge in [-0.1, -0.05) is 31.8 Å². The van der Waals surface area contributed by atoms with Crippen molar-refractivity contribution >= 4 is 24.9 Å². The lowest BCUT2D eigenvalue weighted by Crippen LogP contribution is -2.31. The molecule has 1 saturated carbocycles. The van der Waals surface area contributed by atoms with Crippen molar-refractivity contribution in [3.05, 3.63) is 36.8 Å². The smallest absolute Gasteiger partial charge is 0.146 e. The normalized spacial score (nSPS) is 19.6. The molecule has 1 aliphatic carbocycles. The molecule has 2 aromatic heterocycles. The Morgan fingerprint density at radius 3 is 2.71 bits per heavy atom. The third-order valence-electron chi connectivity index (χ3n) is 5.39. The molecule has 1 fully saturated rings. The van der Waals surface area contributed by atoms with E-state index < -0.39 is 8.07 Å². The van der Waals surface area contributed by atoms with E-state index in [1.54, 1.807) is 6.33 Å². The molecule has 4 rings (SSSR count). The average molecular weight is 396 g/mol. The molecule has 0 atom stereocenters. The molecule has 0 aliphatic heterocycles. The molecule has 0 radical (unpaired) electrons. The van der Waals surface area contributed by atoms with Gasteiger partial charge in [-0.2, -0.15) is 0 Å². The monoisotopic (exact) mass is 395 g/mol. The molecule has 7 heteroatoms. The Kier molecular flexibility index (Phi) is 4.89. The molecule has 3 aromatic rings. The summed E-state index contributed by atoms with van der Waals surface area (Å²) in [4.78, 5) is 8.79. The number of rotatable bonds is 6. The van der Waals surface area contributed by atoms with E-state index in [2.05, 4.69) is 52.5 Å². The standard InChI is InChI=1S/C21H29N5OSi/c1-28(2,3)13-27-17-6-4-5-15(9-17)18-11-26(16-7-14(8-16)10-22)21-19(18)20(23)24-12-25-21/h4-6,9,11-12,14,16H,7-8,10,13,22H2,1-3H3,(H2,23,24,25). The minimum atomic E-state index is -1.28.